The molecule has 1 aromatic rings. The van der Waals surface area contributed by atoms with Crippen LogP contribution in [0.2, 0.25) is 0 Å². The topological polar surface area (TPSA) is 17.1 Å². The zero-order valence-electron chi connectivity index (χ0n) is 8.72. The van der Waals surface area contributed by atoms with Gasteiger partial charge in [0.05, 0.1) is 0 Å². The number of hydrogen-bond donors (Lipinski definition) is 0. The highest BCUT2D eigenvalue weighted by atomic mass is 16.1. The molecule has 13 heavy (non-hydrogen) atoms. The summed E-state index contributed by atoms with van der Waals surface area (Å²) >= 11 is 0. The lowest BCUT2D eigenvalue weighted by atomic mass is 9.91. The molecule has 0 radical (unpaired) electrons. The monoisotopic (exact) mass is 176 g/mol. The number of rotatable bonds is 2. The Labute approximate surface area is 79.8 Å². The summed E-state index contributed by atoms with van der Waals surface area (Å²) in [7, 11) is 0. The van der Waals surface area contributed by atoms with Gasteiger partial charge in [0.2, 0.25) is 0 Å². The minimum atomic E-state index is 0.160. The fourth-order valence-electron chi connectivity index (χ4n) is 1.75. The van der Waals surface area contributed by atoms with E-state index in [4.69, 9.17) is 0 Å². The van der Waals surface area contributed by atoms with Gasteiger partial charge >= 0.3 is 0 Å². The predicted molar refractivity (Wildman–Crippen MR) is 55.3 cm³/mol. The maximum absolute atomic E-state index is 11.3. The number of Topliss-reactive ketones (excluding diaryl/α,β-unsaturated/α-hetero) is 1. The molecule has 1 aromatic carbocycles. The first-order chi connectivity index (χ1) is 6.04. The van der Waals surface area contributed by atoms with Crippen molar-refractivity contribution in [2.75, 3.05) is 0 Å². The van der Waals surface area contributed by atoms with Crippen molar-refractivity contribution in [2.45, 2.75) is 33.6 Å². The van der Waals surface area contributed by atoms with Crippen molar-refractivity contribution in [3.8, 4) is 0 Å². The molecule has 0 heterocycles. The summed E-state index contributed by atoms with van der Waals surface area (Å²) < 4.78 is 0. The fourth-order valence-corrected chi connectivity index (χ4v) is 1.75. The number of carbonyl (C=O) groups is 1. The number of ketones is 1. The number of benzene rings is 1. The molecule has 1 nitrogen and oxygen atoms in total. The smallest absolute Gasteiger partial charge is 0.160 e. The summed E-state index contributed by atoms with van der Waals surface area (Å²) in [4.78, 5) is 11.3. The highest BCUT2D eigenvalue weighted by molar-refractivity contribution is 5.96. The van der Waals surface area contributed by atoms with Crippen molar-refractivity contribution in [3.63, 3.8) is 0 Å². The molecule has 0 atom stereocenters. The van der Waals surface area contributed by atoms with Gasteiger partial charge in [-0.15, -0.1) is 0 Å². The van der Waals surface area contributed by atoms with Gasteiger partial charge in [0.15, 0.2) is 5.78 Å². The van der Waals surface area contributed by atoms with Crippen molar-refractivity contribution in [2.24, 2.45) is 0 Å². The van der Waals surface area contributed by atoms with Crippen molar-refractivity contribution in [1.82, 2.24) is 0 Å². The summed E-state index contributed by atoms with van der Waals surface area (Å²) in [5.41, 5.74) is 3.27. The first kappa shape index (κ1) is 9.97. The third-order valence-electron chi connectivity index (χ3n) is 2.28. The molecular weight excluding hydrogens is 160 g/mol. The van der Waals surface area contributed by atoms with E-state index in [0.717, 1.165) is 5.56 Å². The maximum Gasteiger partial charge on any atom is 0.160 e. The zero-order chi connectivity index (χ0) is 10.0. The summed E-state index contributed by atoms with van der Waals surface area (Å²) in [5, 5.41) is 0. The third-order valence-corrected chi connectivity index (χ3v) is 2.28. The van der Waals surface area contributed by atoms with E-state index in [1.807, 2.05) is 12.1 Å². The predicted octanol–water partition coefficient (Wildman–Crippen LogP) is 3.32. The molecule has 0 spiro atoms. The zero-order valence-corrected chi connectivity index (χ0v) is 8.72. The van der Waals surface area contributed by atoms with Crippen LogP contribution in [0.5, 0.6) is 0 Å². The average molecular weight is 176 g/mol. The van der Waals surface area contributed by atoms with Gasteiger partial charge < -0.3 is 0 Å². The van der Waals surface area contributed by atoms with E-state index < -0.39 is 0 Å². The van der Waals surface area contributed by atoms with Gasteiger partial charge in [0, 0.05) is 5.56 Å². The molecule has 1 heteroatoms. The fraction of sp³-hybridized carbons (Fsp3) is 0.417. The van der Waals surface area contributed by atoms with Crippen LogP contribution in [0.4, 0.5) is 0 Å². The standard InChI is InChI=1S/C12H16O/c1-8(2)12-9(3)6-5-7-11(12)10(4)13/h5-8H,1-4H3. The normalized spacial score (nSPS) is 10.5. The lowest BCUT2D eigenvalue weighted by Crippen LogP contribution is -2.03. The number of aryl methyl sites for hydroxylation is 1. The van der Waals surface area contributed by atoms with E-state index >= 15 is 0 Å². The lowest BCUT2D eigenvalue weighted by molar-refractivity contribution is 0.101. The SMILES string of the molecule is CC(=O)c1cccc(C)c1C(C)C. The first-order valence-corrected chi connectivity index (χ1v) is 4.64. The molecule has 0 saturated heterocycles. The lowest BCUT2D eigenvalue weighted by Gasteiger charge is -2.13. The Hall–Kier alpha value is -1.11. The Kier molecular flexibility index (Phi) is 2.86. The second kappa shape index (κ2) is 3.73. The van der Waals surface area contributed by atoms with Crippen LogP contribution in [-0.4, -0.2) is 5.78 Å². The summed E-state index contributed by atoms with van der Waals surface area (Å²) in [6.07, 6.45) is 0. The van der Waals surface area contributed by atoms with Gasteiger partial charge in [-0.1, -0.05) is 32.0 Å². The Morgan fingerprint density at radius 1 is 1.31 bits per heavy atom. The van der Waals surface area contributed by atoms with E-state index in [1.165, 1.54) is 11.1 Å². The van der Waals surface area contributed by atoms with Crippen molar-refractivity contribution in [1.29, 1.82) is 0 Å². The summed E-state index contributed by atoms with van der Waals surface area (Å²) in [6, 6.07) is 5.91. The minimum Gasteiger partial charge on any atom is -0.295 e. The minimum absolute atomic E-state index is 0.160. The third kappa shape index (κ3) is 1.97. The Morgan fingerprint density at radius 3 is 2.31 bits per heavy atom. The number of hydrogen-bond acceptors (Lipinski definition) is 1. The highest BCUT2D eigenvalue weighted by Crippen LogP contribution is 2.23. The largest absolute Gasteiger partial charge is 0.295 e. The number of carbonyl (C=O) groups excluding carboxylic acids is 1. The molecule has 0 aromatic heterocycles. The Balaban J connectivity index is 3.34. The van der Waals surface area contributed by atoms with Crippen molar-refractivity contribution in [3.05, 3.63) is 34.9 Å². The van der Waals surface area contributed by atoms with Crippen LogP contribution < -0.4 is 0 Å². The van der Waals surface area contributed by atoms with Crippen LogP contribution in [-0.2, 0) is 0 Å². The molecule has 0 aliphatic carbocycles. The highest BCUT2D eigenvalue weighted by Gasteiger charge is 2.11. The molecule has 0 amide bonds. The van der Waals surface area contributed by atoms with Gasteiger partial charge in [0.1, 0.15) is 0 Å². The molecular formula is C12H16O. The molecule has 0 unspecified atom stereocenters. The van der Waals surface area contributed by atoms with Gasteiger partial charge in [-0.05, 0) is 30.9 Å². The molecule has 0 fully saturated rings. The van der Waals surface area contributed by atoms with Crippen molar-refractivity contribution >= 4 is 5.78 Å². The second-order valence-corrected chi connectivity index (χ2v) is 3.75. The van der Waals surface area contributed by atoms with Crippen LogP contribution in [0.3, 0.4) is 0 Å². The summed E-state index contributed by atoms with van der Waals surface area (Å²) in [6.45, 7) is 7.92. The van der Waals surface area contributed by atoms with E-state index in [1.54, 1.807) is 6.92 Å². The molecule has 0 aliphatic heterocycles. The van der Waals surface area contributed by atoms with Gasteiger partial charge in [-0.3, -0.25) is 4.79 Å². The maximum atomic E-state index is 11.3. The molecule has 0 saturated carbocycles. The van der Waals surface area contributed by atoms with E-state index in [0.29, 0.717) is 5.92 Å². The van der Waals surface area contributed by atoms with Crippen LogP contribution >= 0.6 is 0 Å². The second-order valence-electron chi connectivity index (χ2n) is 3.75. The molecule has 0 aliphatic rings. The molecule has 70 valence electrons. The molecule has 1 rings (SSSR count). The van der Waals surface area contributed by atoms with E-state index in [2.05, 4.69) is 26.8 Å². The average Bonchev–Trinajstić information content (AvgIpc) is 2.02. The van der Waals surface area contributed by atoms with E-state index in [-0.39, 0.29) is 5.78 Å². The van der Waals surface area contributed by atoms with Crippen LogP contribution in [0.15, 0.2) is 18.2 Å². The molecule has 0 N–H and O–H groups in total. The van der Waals surface area contributed by atoms with Gasteiger partial charge in [-0.25, -0.2) is 0 Å². The van der Waals surface area contributed by atoms with Gasteiger partial charge in [0.25, 0.3) is 0 Å². The first-order valence-electron chi connectivity index (χ1n) is 4.64. The Bertz CT molecular complexity index is 324. The summed E-state index contributed by atoms with van der Waals surface area (Å²) in [5.74, 6) is 0.576. The van der Waals surface area contributed by atoms with Crippen LogP contribution in [0.25, 0.3) is 0 Å². The molecule has 0 bridgehead atoms. The quantitative estimate of drug-likeness (QED) is 0.632. The van der Waals surface area contributed by atoms with E-state index in [9.17, 15) is 4.79 Å². The van der Waals surface area contributed by atoms with Crippen LogP contribution in [0.1, 0.15) is 48.2 Å². The van der Waals surface area contributed by atoms with Gasteiger partial charge in [-0.2, -0.15) is 0 Å². The Morgan fingerprint density at radius 2 is 1.92 bits per heavy atom. The van der Waals surface area contributed by atoms with Crippen LogP contribution in [0, 0.1) is 6.92 Å². The van der Waals surface area contributed by atoms with Crippen molar-refractivity contribution < 1.29 is 4.79 Å².